The number of hydrogen-bond acceptors (Lipinski definition) is 1. The Balaban J connectivity index is 3.23. The van der Waals surface area contributed by atoms with Crippen molar-refractivity contribution in [3.63, 3.8) is 0 Å². The zero-order chi connectivity index (χ0) is 11.2. The van der Waals surface area contributed by atoms with E-state index in [1.807, 2.05) is 0 Å². The Morgan fingerprint density at radius 3 is 1.79 bits per heavy atom. The molecule has 14 heavy (non-hydrogen) atoms. The number of hydrogen-bond donors (Lipinski definition) is 1. The summed E-state index contributed by atoms with van der Waals surface area (Å²) < 4.78 is 0. The number of rotatable bonds is 5. The zero-order valence-corrected chi connectivity index (χ0v) is 11.0. The summed E-state index contributed by atoms with van der Waals surface area (Å²) >= 11 is 0. The summed E-state index contributed by atoms with van der Waals surface area (Å²) in [5, 5.41) is 3.51. The van der Waals surface area contributed by atoms with Crippen molar-refractivity contribution in [3.8, 4) is 0 Å². The van der Waals surface area contributed by atoms with Gasteiger partial charge in [-0.3, -0.25) is 0 Å². The van der Waals surface area contributed by atoms with Gasteiger partial charge in [-0.2, -0.15) is 0 Å². The third-order valence-electron chi connectivity index (χ3n) is 2.19. The molecule has 0 spiro atoms. The average Bonchev–Trinajstić information content (AvgIpc) is 1.92. The second kappa shape index (κ2) is 5.75. The Morgan fingerprint density at radius 2 is 1.36 bits per heavy atom. The van der Waals surface area contributed by atoms with Crippen molar-refractivity contribution < 1.29 is 0 Å². The molecule has 0 aromatic rings. The van der Waals surface area contributed by atoms with Crippen LogP contribution in [0.3, 0.4) is 0 Å². The van der Waals surface area contributed by atoms with Crippen LogP contribution in [0.4, 0.5) is 0 Å². The van der Waals surface area contributed by atoms with Crippen LogP contribution in [0, 0.1) is 10.8 Å². The highest BCUT2D eigenvalue weighted by molar-refractivity contribution is 4.65. The lowest BCUT2D eigenvalue weighted by Crippen LogP contribution is -2.27. The molecule has 0 aliphatic heterocycles. The van der Waals surface area contributed by atoms with E-state index >= 15 is 0 Å². The van der Waals surface area contributed by atoms with E-state index in [9.17, 15) is 0 Å². The van der Waals surface area contributed by atoms with E-state index in [0.717, 1.165) is 6.54 Å². The minimum atomic E-state index is 0.421. The van der Waals surface area contributed by atoms with E-state index in [-0.39, 0.29) is 0 Å². The Hall–Kier alpha value is -0.0400. The van der Waals surface area contributed by atoms with Gasteiger partial charge < -0.3 is 5.32 Å². The molecule has 0 radical (unpaired) electrons. The van der Waals surface area contributed by atoms with Gasteiger partial charge in [0.2, 0.25) is 0 Å². The fourth-order valence-electron chi connectivity index (χ4n) is 1.37. The molecule has 0 aliphatic rings. The van der Waals surface area contributed by atoms with Crippen molar-refractivity contribution in [2.45, 2.75) is 60.8 Å². The molecule has 0 aromatic carbocycles. The summed E-state index contributed by atoms with van der Waals surface area (Å²) in [6.07, 6.45) is 4.00. The van der Waals surface area contributed by atoms with Gasteiger partial charge in [0.15, 0.2) is 0 Å². The first-order valence-electron chi connectivity index (χ1n) is 5.91. The van der Waals surface area contributed by atoms with Crippen molar-refractivity contribution in [2.24, 2.45) is 10.8 Å². The van der Waals surface area contributed by atoms with Gasteiger partial charge in [0, 0.05) is 0 Å². The van der Waals surface area contributed by atoms with Crippen LogP contribution in [0.2, 0.25) is 0 Å². The van der Waals surface area contributed by atoms with E-state index in [2.05, 4.69) is 46.9 Å². The maximum atomic E-state index is 3.51. The van der Waals surface area contributed by atoms with Crippen molar-refractivity contribution in [3.05, 3.63) is 0 Å². The largest absolute Gasteiger partial charge is 0.316 e. The van der Waals surface area contributed by atoms with Gasteiger partial charge in [-0.25, -0.2) is 0 Å². The summed E-state index contributed by atoms with van der Waals surface area (Å²) in [5.41, 5.74) is 0.925. The Bertz CT molecular complexity index is 118. The lowest BCUT2D eigenvalue weighted by molar-refractivity contribution is 0.347. The third kappa shape index (κ3) is 12.0. The predicted molar refractivity (Wildman–Crippen MR) is 65.6 cm³/mol. The molecule has 1 heteroatoms. The molecule has 0 saturated heterocycles. The second-order valence-electron chi connectivity index (χ2n) is 6.76. The Labute approximate surface area is 90.7 Å². The summed E-state index contributed by atoms with van der Waals surface area (Å²) in [7, 11) is 0. The molecule has 1 nitrogen and oxygen atoms in total. The van der Waals surface area contributed by atoms with Crippen LogP contribution >= 0.6 is 0 Å². The van der Waals surface area contributed by atoms with Crippen LogP contribution in [0.25, 0.3) is 0 Å². The van der Waals surface area contributed by atoms with Crippen molar-refractivity contribution in [1.82, 2.24) is 5.32 Å². The van der Waals surface area contributed by atoms with Crippen LogP contribution in [0.5, 0.6) is 0 Å². The lowest BCUT2D eigenvalue weighted by Gasteiger charge is -2.20. The maximum Gasteiger partial charge on any atom is -0.0000126 e. The molecular weight excluding hydrogens is 170 g/mol. The highest BCUT2D eigenvalue weighted by Gasteiger charge is 2.10. The highest BCUT2D eigenvalue weighted by atomic mass is 14.9. The minimum absolute atomic E-state index is 0.421. The SMILES string of the molecule is CC(C)(C)CCCCNCC(C)(C)C. The van der Waals surface area contributed by atoms with Gasteiger partial charge in [0.1, 0.15) is 0 Å². The summed E-state index contributed by atoms with van der Waals surface area (Å²) in [4.78, 5) is 0. The van der Waals surface area contributed by atoms with Gasteiger partial charge in [-0.15, -0.1) is 0 Å². The molecule has 0 fully saturated rings. The normalized spacial score (nSPS) is 13.3. The van der Waals surface area contributed by atoms with Crippen LogP contribution in [-0.2, 0) is 0 Å². The van der Waals surface area contributed by atoms with Crippen molar-refractivity contribution >= 4 is 0 Å². The fourth-order valence-corrected chi connectivity index (χ4v) is 1.37. The molecular formula is C13H29N. The molecule has 86 valence electrons. The number of unbranched alkanes of at least 4 members (excludes halogenated alkanes) is 1. The lowest BCUT2D eigenvalue weighted by atomic mass is 9.90. The molecule has 0 amide bonds. The topological polar surface area (TPSA) is 12.0 Å². The molecule has 1 N–H and O–H groups in total. The molecule has 0 heterocycles. The quantitative estimate of drug-likeness (QED) is 0.663. The van der Waals surface area contributed by atoms with E-state index in [1.54, 1.807) is 0 Å². The summed E-state index contributed by atoms with van der Waals surface area (Å²) in [5.74, 6) is 0. The van der Waals surface area contributed by atoms with Crippen LogP contribution in [-0.4, -0.2) is 13.1 Å². The molecule has 0 aromatic heterocycles. The summed E-state index contributed by atoms with van der Waals surface area (Å²) in [6.45, 7) is 16.1. The molecule has 0 rings (SSSR count). The molecule has 0 saturated carbocycles. The average molecular weight is 199 g/mol. The van der Waals surface area contributed by atoms with E-state index in [4.69, 9.17) is 0 Å². The van der Waals surface area contributed by atoms with Crippen LogP contribution in [0.1, 0.15) is 60.8 Å². The van der Waals surface area contributed by atoms with Gasteiger partial charge in [-0.05, 0) is 36.8 Å². The predicted octanol–water partition coefficient (Wildman–Crippen LogP) is 3.84. The fraction of sp³-hybridized carbons (Fsp3) is 1.00. The van der Waals surface area contributed by atoms with Gasteiger partial charge in [0.05, 0.1) is 0 Å². The second-order valence-corrected chi connectivity index (χ2v) is 6.76. The van der Waals surface area contributed by atoms with Gasteiger partial charge >= 0.3 is 0 Å². The standard InChI is InChI=1S/C13H29N/c1-12(2,3)9-7-8-10-14-11-13(4,5)6/h14H,7-11H2,1-6H3. The molecule has 0 atom stereocenters. The molecule has 0 unspecified atom stereocenters. The minimum Gasteiger partial charge on any atom is -0.316 e. The van der Waals surface area contributed by atoms with Crippen molar-refractivity contribution in [2.75, 3.05) is 13.1 Å². The molecule has 0 bridgehead atoms. The van der Waals surface area contributed by atoms with Crippen LogP contribution in [0.15, 0.2) is 0 Å². The van der Waals surface area contributed by atoms with Crippen molar-refractivity contribution in [1.29, 1.82) is 0 Å². The first-order chi connectivity index (χ1) is 6.21. The Morgan fingerprint density at radius 1 is 0.786 bits per heavy atom. The highest BCUT2D eigenvalue weighted by Crippen LogP contribution is 2.21. The van der Waals surface area contributed by atoms with E-state index in [0.29, 0.717) is 10.8 Å². The van der Waals surface area contributed by atoms with E-state index in [1.165, 1.54) is 25.8 Å². The van der Waals surface area contributed by atoms with Crippen LogP contribution < -0.4 is 5.32 Å². The Kier molecular flexibility index (Phi) is 5.73. The van der Waals surface area contributed by atoms with E-state index < -0.39 is 0 Å². The number of nitrogens with one attached hydrogen (secondary N) is 1. The first-order valence-corrected chi connectivity index (χ1v) is 5.91. The third-order valence-corrected chi connectivity index (χ3v) is 2.19. The zero-order valence-electron chi connectivity index (χ0n) is 11.0. The summed E-state index contributed by atoms with van der Waals surface area (Å²) in [6, 6.07) is 0. The first kappa shape index (κ1) is 14.0. The smallest absolute Gasteiger partial charge is 0.0000126 e. The monoisotopic (exact) mass is 199 g/mol. The van der Waals surface area contributed by atoms with Gasteiger partial charge in [0.25, 0.3) is 0 Å². The van der Waals surface area contributed by atoms with Gasteiger partial charge in [-0.1, -0.05) is 48.0 Å². The molecule has 0 aliphatic carbocycles. The maximum absolute atomic E-state index is 3.51.